The Kier molecular flexibility index (Phi) is 5.35. The summed E-state index contributed by atoms with van der Waals surface area (Å²) in [6.45, 7) is 0. The molecule has 2 N–H and O–H groups in total. The average molecular weight is 381 g/mol. The van der Waals surface area contributed by atoms with E-state index in [1.54, 1.807) is 30.3 Å². The number of hydrogen-bond acceptors (Lipinski definition) is 6. The van der Waals surface area contributed by atoms with E-state index >= 15 is 0 Å². The largest absolute Gasteiger partial charge is 0.378 e. The van der Waals surface area contributed by atoms with Crippen LogP contribution in [0, 0.1) is 10.1 Å². The maximum atomic E-state index is 12.5. The monoisotopic (exact) mass is 381 g/mol. The lowest BCUT2D eigenvalue weighted by Crippen LogP contribution is -2.26. The predicted molar refractivity (Wildman–Crippen MR) is 106 cm³/mol. The molecule has 0 aliphatic carbocycles. The summed E-state index contributed by atoms with van der Waals surface area (Å²) in [6.07, 6.45) is 0.668. The lowest BCUT2D eigenvalue weighted by Gasteiger charge is -2.14. The summed E-state index contributed by atoms with van der Waals surface area (Å²) in [5.41, 5.74) is 4.63. The van der Waals surface area contributed by atoms with Gasteiger partial charge in [0, 0.05) is 49.8 Å². The summed E-state index contributed by atoms with van der Waals surface area (Å²) < 4.78 is 0. The number of hydrazone groups is 1. The Labute approximate surface area is 161 Å². The van der Waals surface area contributed by atoms with Gasteiger partial charge >= 0.3 is 0 Å². The molecule has 2 aromatic rings. The van der Waals surface area contributed by atoms with E-state index in [1.165, 1.54) is 12.1 Å². The fourth-order valence-corrected chi connectivity index (χ4v) is 2.76. The second-order valence-corrected chi connectivity index (χ2v) is 6.48. The maximum absolute atomic E-state index is 12.5. The number of hydrogen-bond donors (Lipinski definition) is 2. The topological polar surface area (TPSA) is 117 Å². The molecule has 28 heavy (non-hydrogen) atoms. The molecule has 0 atom stereocenters. The summed E-state index contributed by atoms with van der Waals surface area (Å²) in [5.74, 6) is -0.633. The Morgan fingerprint density at radius 3 is 2.46 bits per heavy atom. The Hall–Kier alpha value is -3.75. The summed E-state index contributed by atoms with van der Waals surface area (Å²) >= 11 is 0. The first-order chi connectivity index (χ1) is 13.3. The molecule has 0 spiro atoms. The van der Waals surface area contributed by atoms with E-state index in [9.17, 15) is 19.7 Å². The van der Waals surface area contributed by atoms with E-state index in [0.29, 0.717) is 23.3 Å². The molecular weight excluding hydrogens is 362 g/mol. The number of nitrogens with one attached hydrogen (secondary N) is 2. The van der Waals surface area contributed by atoms with Crippen molar-refractivity contribution in [2.75, 3.05) is 24.3 Å². The molecule has 0 aromatic heterocycles. The molecule has 0 saturated heterocycles. The van der Waals surface area contributed by atoms with Crippen LogP contribution in [0.4, 0.5) is 17.1 Å². The van der Waals surface area contributed by atoms with Crippen molar-refractivity contribution in [3.05, 3.63) is 63.7 Å². The van der Waals surface area contributed by atoms with Gasteiger partial charge in [-0.25, -0.2) is 5.43 Å². The molecule has 1 heterocycles. The molecule has 1 aliphatic heterocycles. The van der Waals surface area contributed by atoms with Crippen LogP contribution in [0.1, 0.15) is 28.8 Å². The number of benzene rings is 2. The first-order valence-electron chi connectivity index (χ1n) is 8.58. The number of nitro benzene ring substituents is 1. The van der Waals surface area contributed by atoms with Crippen LogP contribution in [-0.2, 0) is 4.79 Å². The molecule has 9 heteroatoms. The highest BCUT2D eigenvalue weighted by atomic mass is 16.6. The van der Waals surface area contributed by atoms with Crippen molar-refractivity contribution >= 4 is 34.6 Å². The number of carbonyl (C=O) groups is 2. The van der Waals surface area contributed by atoms with Crippen molar-refractivity contribution in [3.63, 3.8) is 0 Å². The van der Waals surface area contributed by atoms with Gasteiger partial charge in [0.1, 0.15) is 5.69 Å². The van der Waals surface area contributed by atoms with E-state index in [-0.39, 0.29) is 23.7 Å². The molecule has 0 fully saturated rings. The van der Waals surface area contributed by atoms with Crippen molar-refractivity contribution in [1.82, 2.24) is 5.43 Å². The van der Waals surface area contributed by atoms with Crippen molar-refractivity contribution < 1.29 is 14.5 Å². The van der Waals surface area contributed by atoms with Crippen LogP contribution >= 0.6 is 0 Å². The normalized spacial score (nSPS) is 13.4. The number of amides is 2. The Morgan fingerprint density at radius 1 is 1.18 bits per heavy atom. The fraction of sp³-hybridized carbons (Fsp3) is 0.211. The molecular formula is C19H19N5O4. The van der Waals surface area contributed by atoms with E-state index in [0.717, 1.165) is 5.69 Å². The van der Waals surface area contributed by atoms with Gasteiger partial charge in [-0.15, -0.1) is 0 Å². The van der Waals surface area contributed by atoms with Gasteiger partial charge in [-0.3, -0.25) is 19.7 Å². The van der Waals surface area contributed by atoms with Gasteiger partial charge in [-0.05, 0) is 30.3 Å². The van der Waals surface area contributed by atoms with Crippen molar-refractivity contribution in [2.24, 2.45) is 5.10 Å². The molecule has 2 aromatic carbocycles. The van der Waals surface area contributed by atoms with Gasteiger partial charge in [0.15, 0.2) is 0 Å². The quantitative estimate of drug-likeness (QED) is 0.610. The minimum Gasteiger partial charge on any atom is -0.378 e. The summed E-state index contributed by atoms with van der Waals surface area (Å²) in [6, 6.07) is 11.4. The maximum Gasteiger partial charge on any atom is 0.293 e. The number of nitrogens with zero attached hydrogens (tertiary/aromatic N) is 3. The van der Waals surface area contributed by atoms with Gasteiger partial charge in [0.25, 0.3) is 11.6 Å². The molecule has 2 amide bonds. The van der Waals surface area contributed by atoms with Crippen LogP contribution in [0.25, 0.3) is 0 Å². The Morgan fingerprint density at radius 2 is 1.89 bits per heavy atom. The third kappa shape index (κ3) is 4.14. The van der Waals surface area contributed by atoms with Gasteiger partial charge in [0.05, 0.1) is 10.6 Å². The van der Waals surface area contributed by atoms with E-state index in [4.69, 9.17) is 0 Å². The highest BCUT2D eigenvalue weighted by Gasteiger charge is 2.21. The van der Waals surface area contributed by atoms with Crippen LogP contribution in [0.5, 0.6) is 0 Å². The zero-order valence-electron chi connectivity index (χ0n) is 15.4. The Bertz CT molecular complexity index is 967. The molecule has 0 saturated carbocycles. The van der Waals surface area contributed by atoms with E-state index in [1.807, 2.05) is 19.0 Å². The summed E-state index contributed by atoms with van der Waals surface area (Å²) in [4.78, 5) is 36.5. The smallest absolute Gasteiger partial charge is 0.293 e. The molecule has 0 radical (unpaired) electrons. The molecule has 1 aliphatic rings. The fourth-order valence-electron chi connectivity index (χ4n) is 2.76. The summed E-state index contributed by atoms with van der Waals surface area (Å²) in [5, 5.41) is 18.0. The van der Waals surface area contributed by atoms with Gasteiger partial charge in [-0.2, -0.15) is 5.10 Å². The Balaban J connectivity index is 1.84. The second-order valence-electron chi connectivity index (χ2n) is 6.48. The zero-order valence-corrected chi connectivity index (χ0v) is 15.4. The van der Waals surface area contributed by atoms with Crippen LogP contribution in [0.15, 0.2) is 47.6 Å². The number of carbonyl (C=O) groups excluding carboxylic acids is 2. The minimum atomic E-state index is -0.559. The summed E-state index contributed by atoms with van der Waals surface area (Å²) in [7, 11) is 3.78. The molecule has 9 nitrogen and oxygen atoms in total. The first-order valence-corrected chi connectivity index (χ1v) is 8.58. The zero-order chi connectivity index (χ0) is 20.3. The predicted octanol–water partition coefficient (Wildman–Crippen LogP) is 2.53. The molecule has 0 unspecified atom stereocenters. The minimum absolute atomic E-state index is 0.0934. The van der Waals surface area contributed by atoms with Crippen LogP contribution < -0.4 is 15.6 Å². The third-order valence-electron chi connectivity index (χ3n) is 4.33. The third-order valence-corrected chi connectivity index (χ3v) is 4.33. The van der Waals surface area contributed by atoms with Gasteiger partial charge in [-0.1, -0.05) is 6.07 Å². The van der Waals surface area contributed by atoms with Gasteiger partial charge in [0.2, 0.25) is 5.91 Å². The highest BCUT2D eigenvalue weighted by Crippen LogP contribution is 2.27. The van der Waals surface area contributed by atoms with Gasteiger partial charge < -0.3 is 10.2 Å². The van der Waals surface area contributed by atoms with Crippen molar-refractivity contribution in [2.45, 2.75) is 12.8 Å². The molecule has 144 valence electrons. The van der Waals surface area contributed by atoms with E-state index < -0.39 is 10.8 Å². The van der Waals surface area contributed by atoms with Crippen molar-refractivity contribution in [3.8, 4) is 0 Å². The van der Waals surface area contributed by atoms with Crippen LogP contribution in [-0.4, -0.2) is 36.5 Å². The number of nitro groups is 1. The molecule has 0 bridgehead atoms. The van der Waals surface area contributed by atoms with Crippen LogP contribution in [0.3, 0.4) is 0 Å². The molecule has 3 rings (SSSR count). The number of anilines is 2. The SMILES string of the molecule is CN(C)c1ccc(C(=O)Nc2ccc(C3=NNC(=O)CC3)cc2[N+](=O)[O-])cc1. The first kappa shape index (κ1) is 19.0. The standard InChI is InChI=1S/C19H19N5O4/c1-23(2)14-6-3-12(4-7-14)19(26)20-16-8-5-13(11-17(16)24(27)28)15-9-10-18(25)22-21-15/h3-8,11H,9-10H2,1-2H3,(H,20,26)(H,22,25). The lowest BCUT2D eigenvalue weighted by atomic mass is 10.0. The van der Waals surface area contributed by atoms with Crippen LogP contribution in [0.2, 0.25) is 0 Å². The van der Waals surface area contributed by atoms with Crippen molar-refractivity contribution in [1.29, 1.82) is 0 Å². The lowest BCUT2D eigenvalue weighted by molar-refractivity contribution is -0.383. The van der Waals surface area contributed by atoms with E-state index in [2.05, 4.69) is 15.8 Å². The number of rotatable bonds is 5. The second kappa shape index (κ2) is 7.87. The highest BCUT2D eigenvalue weighted by molar-refractivity contribution is 6.07. The average Bonchev–Trinajstić information content (AvgIpc) is 2.68.